The Morgan fingerprint density at radius 1 is 1.17 bits per heavy atom. The number of carbonyl (C=O) groups excluding carboxylic acids is 3. The molecule has 1 aromatic rings. The highest BCUT2D eigenvalue weighted by molar-refractivity contribution is 6.04. The predicted octanol–water partition coefficient (Wildman–Crippen LogP) is 2.41. The molecule has 1 unspecified atom stereocenters. The Morgan fingerprint density at radius 2 is 1.93 bits per heavy atom. The number of urea groups is 1. The summed E-state index contributed by atoms with van der Waals surface area (Å²) < 4.78 is 10.6. The lowest BCUT2D eigenvalue weighted by Crippen LogP contribution is -2.39. The van der Waals surface area contributed by atoms with Crippen LogP contribution in [0.4, 0.5) is 4.79 Å². The molecular weight excluding hydrogens is 374 g/mol. The zero-order valence-electron chi connectivity index (χ0n) is 16.7. The first kappa shape index (κ1) is 19.5. The average Bonchev–Trinajstić information content (AvgIpc) is 3.31. The maximum absolute atomic E-state index is 12.7. The molecule has 29 heavy (non-hydrogen) atoms. The van der Waals surface area contributed by atoms with Gasteiger partial charge in [-0.05, 0) is 37.0 Å². The molecule has 0 spiro atoms. The highest BCUT2D eigenvalue weighted by Gasteiger charge is 2.38. The molecule has 0 radical (unpaired) electrons. The molecule has 1 saturated carbocycles. The summed E-state index contributed by atoms with van der Waals surface area (Å²) in [6.07, 6.45) is 6.22. The topological polar surface area (TPSA) is 88.2 Å². The number of ether oxygens (including phenoxy) is 2. The zero-order valence-corrected chi connectivity index (χ0v) is 16.7. The second-order valence-electron chi connectivity index (χ2n) is 7.95. The number of rotatable bonds is 6. The van der Waals surface area contributed by atoms with Crippen molar-refractivity contribution in [3.8, 4) is 11.5 Å². The second kappa shape index (κ2) is 8.31. The molecular formula is C21H27N3O5. The van der Waals surface area contributed by atoms with Crippen LogP contribution in [-0.4, -0.2) is 53.6 Å². The Kier molecular flexibility index (Phi) is 5.60. The Hall–Kier alpha value is -2.77. The predicted molar refractivity (Wildman–Crippen MR) is 104 cm³/mol. The zero-order chi connectivity index (χ0) is 20.4. The maximum atomic E-state index is 12.7. The molecule has 4 amide bonds. The molecule has 1 aromatic carbocycles. The summed E-state index contributed by atoms with van der Waals surface area (Å²) in [5.74, 6) is 1.01. The molecule has 2 aliphatic heterocycles. The van der Waals surface area contributed by atoms with Crippen LogP contribution in [0.3, 0.4) is 0 Å². The fraction of sp³-hybridized carbons (Fsp3) is 0.571. The van der Waals surface area contributed by atoms with Crippen LogP contribution in [0.2, 0.25) is 0 Å². The fourth-order valence-electron chi connectivity index (χ4n) is 4.26. The average molecular weight is 401 g/mol. The Labute approximate surface area is 170 Å². The highest BCUT2D eigenvalue weighted by atomic mass is 16.7. The van der Waals surface area contributed by atoms with Crippen molar-refractivity contribution in [1.29, 1.82) is 0 Å². The number of nitrogens with zero attached hydrogens (tertiary/aromatic N) is 2. The SMILES string of the molecule is CN(C(=O)CCC1NC(=O)N(Cc2ccc3c(c2)OCO3)C1=O)C1CCCCC1. The smallest absolute Gasteiger partial charge is 0.325 e. The number of imide groups is 1. The molecule has 1 N–H and O–H groups in total. The van der Waals surface area contributed by atoms with Gasteiger partial charge in [-0.25, -0.2) is 4.79 Å². The van der Waals surface area contributed by atoms with Gasteiger partial charge in [0, 0.05) is 19.5 Å². The van der Waals surface area contributed by atoms with Crippen LogP contribution in [0.1, 0.15) is 50.5 Å². The largest absolute Gasteiger partial charge is 0.454 e. The fourth-order valence-corrected chi connectivity index (χ4v) is 4.26. The summed E-state index contributed by atoms with van der Waals surface area (Å²) in [6, 6.07) is 4.58. The van der Waals surface area contributed by atoms with Crippen molar-refractivity contribution < 1.29 is 23.9 Å². The van der Waals surface area contributed by atoms with E-state index in [0.29, 0.717) is 24.0 Å². The molecule has 1 aliphatic carbocycles. The van der Waals surface area contributed by atoms with E-state index in [1.54, 1.807) is 12.1 Å². The number of nitrogens with one attached hydrogen (secondary N) is 1. The van der Waals surface area contributed by atoms with Gasteiger partial charge in [0.1, 0.15) is 6.04 Å². The number of amides is 4. The van der Waals surface area contributed by atoms with E-state index in [4.69, 9.17) is 9.47 Å². The van der Waals surface area contributed by atoms with Gasteiger partial charge in [0.25, 0.3) is 5.91 Å². The number of hydrogen-bond donors (Lipinski definition) is 1. The lowest BCUT2D eigenvalue weighted by molar-refractivity contribution is -0.133. The molecule has 0 aromatic heterocycles. The molecule has 4 rings (SSSR count). The quantitative estimate of drug-likeness (QED) is 0.740. The van der Waals surface area contributed by atoms with E-state index in [-0.39, 0.29) is 31.6 Å². The third-order valence-electron chi connectivity index (χ3n) is 6.05. The minimum atomic E-state index is -0.653. The van der Waals surface area contributed by atoms with Crippen LogP contribution < -0.4 is 14.8 Å². The number of carbonyl (C=O) groups is 3. The van der Waals surface area contributed by atoms with Gasteiger partial charge in [-0.2, -0.15) is 0 Å². The molecule has 1 saturated heterocycles. The highest BCUT2D eigenvalue weighted by Crippen LogP contribution is 2.33. The van der Waals surface area contributed by atoms with Crippen LogP contribution in [0, 0.1) is 0 Å². The third kappa shape index (κ3) is 4.16. The van der Waals surface area contributed by atoms with Gasteiger partial charge in [-0.15, -0.1) is 0 Å². The molecule has 8 nitrogen and oxygen atoms in total. The van der Waals surface area contributed by atoms with Gasteiger partial charge < -0.3 is 19.7 Å². The first-order valence-corrected chi connectivity index (χ1v) is 10.3. The van der Waals surface area contributed by atoms with E-state index in [9.17, 15) is 14.4 Å². The van der Waals surface area contributed by atoms with E-state index in [0.717, 1.165) is 31.2 Å². The maximum Gasteiger partial charge on any atom is 0.325 e. The van der Waals surface area contributed by atoms with Crippen molar-refractivity contribution in [1.82, 2.24) is 15.1 Å². The summed E-state index contributed by atoms with van der Waals surface area (Å²) >= 11 is 0. The van der Waals surface area contributed by atoms with Gasteiger partial charge in [0.05, 0.1) is 6.54 Å². The normalized spacial score (nSPS) is 21.4. The Morgan fingerprint density at radius 3 is 2.72 bits per heavy atom. The molecule has 1 atom stereocenters. The van der Waals surface area contributed by atoms with Gasteiger partial charge in [0.2, 0.25) is 12.7 Å². The summed E-state index contributed by atoms with van der Waals surface area (Å²) in [6.45, 7) is 0.334. The van der Waals surface area contributed by atoms with Crippen LogP contribution in [-0.2, 0) is 16.1 Å². The van der Waals surface area contributed by atoms with E-state index in [2.05, 4.69) is 5.32 Å². The number of fused-ring (bicyclic) bond motifs is 1. The van der Waals surface area contributed by atoms with Crippen LogP contribution in [0.5, 0.6) is 11.5 Å². The second-order valence-corrected chi connectivity index (χ2v) is 7.95. The van der Waals surface area contributed by atoms with Gasteiger partial charge in [-0.3, -0.25) is 14.5 Å². The van der Waals surface area contributed by atoms with Crippen molar-refractivity contribution >= 4 is 17.8 Å². The molecule has 156 valence electrons. The van der Waals surface area contributed by atoms with Gasteiger partial charge in [0.15, 0.2) is 11.5 Å². The third-order valence-corrected chi connectivity index (χ3v) is 6.05. The van der Waals surface area contributed by atoms with Crippen molar-refractivity contribution in [2.45, 2.75) is 63.6 Å². The van der Waals surface area contributed by atoms with Gasteiger partial charge in [-0.1, -0.05) is 25.3 Å². The minimum absolute atomic E-state index is 0.0353. The van der Waals surface area contributed by atoms with E-state index < -0.39 is 12.1 Å². The van der Waals surface area contributed by atoms with E-state index in [1.165, 1.54) is 11.3 Å². The lowest BCUT2D eigenvalue weighted by atomic mass is 9.94. The van der Waals surface area contributed by atoms with Crippen molar-refractivity contribution in [3.63, 3.8) is 0 Å². The van der Waals surface area contributed by atoms with Crippen LogP contribution >= 0.6 is 0 Å². The summed E-state index contributed by atoms with van der Waals surface area (Å²) in [7, 11) is 1.85. The van der Waals surface area contributed by atoms with Crippen molar-refractivity contribution in [3.05, 3.63) is 23.8 Å². The van der Waals surface area contributed by atoms with E-state index in [1.807, 2.05) is 18.0 Å². The van der Waals surface area contributed by atoms with Crippen LogP contribution in [0.15, 0.2) is 18.2 Å². The summed E-state index contributed by atoms with van der Waals surface area (Å²) in [5, 5.41) is 2.71. The van der Waals surface area contributed by atoms with Crippen molar-refractivity contribution in [2.24, 2.45) is 0 Å². The standard InChI is InChI=1S/C21H27N3O5/c1-23(15-5-3-2-4-6-15)19(25)10-8-16-20(26)24(21(27)22-16)12-14-7-9-17-18(11-14)29-13-28-17/h7,9,11,15-16H,2-6,8,10,12-13H2,1H3,(H,22,27). The Bertz CT molecular complexity index is 806. The molecule has 3 aliphatic rings. The first-order chi connectivity index (χ1) is 14.0. The molecule has 0 bridgehead atoms. The van der Waals surface area contributed by atoms with E-state index >= 15 is 0 Å². The first-order valence-electron chi connectivity index (χ1n) is 10.3. The summed E-state index contributed by atoms with van der Waals surface area (Å²) in [5.41, 5.74) is 0.784. The summed E-state index contributed by atoms with van der Waals surface area (Å²) in [4.78, 5) is 40.5. The molecule has 2 fully saturated rings. The number of benzene rings is 1. The molecule has 2 heterocycles. The number of hydrogen-bond acceptors (Lipinski definition) is 5. The lowest BCUT2D eigenvalue weighted by Gasteiger charge is -2.31. The minimum Gasteiger partial charge on any atom is -0.454 e. The Balaban J connectivity index is 1.31. The molecule has 8 heteroatoms. The van der Waals surface area contributed by atoms with Crippen molar-refractivity contribution in [2.75, 3.05) is 13.8 Å². The van der Waals surface area contributed by atoms with Crippen LogP contribution in [0.25, 0.3) is 0 Å². The monoisotopic (exact) mass is 401 g/mol. The van der Waals surface area contributed by atoms with Gasteiger partial charge >= 0.3 is 6.03 Å².